The van der Waals surface area contributed by atoms with Crippen LogP contribution in [-0.2, 0) is 4.74 Å². The van der Waals surface area contributed by atoms with Gasteiger partial charge in [0.25, 0.3) is 0 Å². The van der Waals surface area contributed by atoms with E-state index in [-0.39, 0.29) is 5.92 Å². The smallest absolute Gasteiger partial charge is 0.0973 e. The maximum absolute atomic E-state index is 10.3. The molecule has 98 valence electrons. The molecule has 0 bridgehead atoms. The van der Waals surface area contributed by atoms with Gasteiger partial charge in [-0.2, -0.15) is 0 Å². The predicted molar refractivity (Wildman–Crippen MR) is 75.7 cm³/mol. The molecule has 0 amide bonds. The SMILES string of the molecule is COC1=CC2=NC(c3ccccc3)=CC(O)C2CC1. The largest absolute Gasteiger partial charge is 0.501 e. The average molecular weight is 255 g/mol. The molecular weight excluding hydrogens is 238 g/mol. The first-order valence-corrected chi connectivity index (χ1v) is 6.56. The van der Waals surface area contributed by atoms with Gasteiger partial charge in [-0.05, 0) is 24.1 Å². The summed E-state index contributed by atoms with van der Waals surface area (Å²) in [5.74, 6) is 1.04. The number of hydrogen-bond donors (Lipinski definition) is 1. The van der Waals surface area contributed by atoms with Crippen LogP contribution in [0.1, 0.15) is 18.4 Å². The minimum absolute atomic E-state index is 0.103. The molecule has 3 nitrogen and oxygen atoms in total. The molecule has 0 saturated carbocycles. The molecule has 0 saturated heterocycles. The standard InChI is InChI=1S/C16H17NO2/c1-19-12-7-8-13-15(9-12)17-14(10-16(13)18)11-5-3-2-4-6-11/h2-6,9-10,13,16,18H,7-8H2,1H3. The van der Waals surface area contributed by atoms with Crippen molar-refractivity contribution in [1.82, 2.24) is 0 Å². The Bertz CT molecular complexity index is 557. The Morgan fingerprint density at radius 1 is 1.26 bits per heavy atom. The molecule has 1 aliphatic heterocycles. The van der Waals surface area contributed by atoms with Crippen LogP contribution < -0.4 is 0 Å². The number of aliphatic hydroxyl groups is 1. The van der Waals surface area contributed by atoms with Gasteiger partial charge in [-0.3, -0.25) is 4.99 Å². The average Bonchev–Trinajstić information content (AvgIpc) is 2.47. The van der Waals surface area contributed by atoms with Gasteiger partial charge in [-0.15, -0.1) is 0 Å². The highest BCUT2D eigenvalue weighted by atomic mass is 16.5. The maximum Gasteiger partial charge on any atom is 0.0973 e. The topological polar surface area (TPSA) is 41.8 Å². The number of ether oxygens (including phenoxy) is 1. The second-order valence-corrected chi connectivity index (χ2v) is 4.91. The fourth-order valence-corrected chi connectivity index (χ4v) is 2.64. The molecule has 2 unspecified atom stereocenters. The number of aliphatic imine (C=N–C) groups is 1. The van der Waals surface area contributed by atoms with Crippen LogP contribution in [-0.4, -0.2) is 24.0 Å². The third kappa shape index (κ3) is 2.34. The lowest BCUT2D eigenvalue weighted by molar-refractivity contribution is 0.171. The lowest BCUT2D eigenvalue weighted by atomic mass is 9.84. The third-order valence-electron chi connectivity index (χ3n) is 3.71. The zero-order valence-corrected chi connectivity index (χ0v) is 10.9. The minimum atomic E-state index is -0.461. The number of allylic oxidation sites excluding steroid dienone is 2. The third-order valence-corrected chi connectivity index (χ3v) is 3.71. The van der Waals surface area contributed by atoms with Crippen molar-refractivity contribution < 1.29 is 9.84 Å². The number of rotatable bonds is 2. The van der Waals surface area contributed by atoms with Gasteiger partial charge >= 0.3 is 0 Å². The van der Waals surface area contributed by atoms with Crippen LogP contribution in [0, 0.1) is 5.92 Å². The van der Waals surface area contributed by atoms with Crippen LogP contribution in [0.4, 0.5) is 0 Å². The first-order chi connectivity index (χ1) is 9.28. The van der Waals surface area contributed by atoms with E-state index in [1.807, 2.05) is 42.5 Å². The molecule has 1 N–H and O–H groups in total. The fraction of sp³-hybridized carbons (Fsp3) is 0.312. The van der Waals surface area contributed by atoms with Crippen molar-refractivity contribution in [3.63, 3.8) is 0 Å². The minimum Gasteiger partial charge on any atom is -0.501 e. The number of aliphatic hydroxyl groups excluding tert-OH is 1. The molecule has 2 aliphatic rings. The fourth-order valence-electron chi connectivity index (χ4n) is 2.64. The van der Waals surface area contributed by atoms with E-state index < -0.39 is 6.10 Å². The Balaban J connectivity index is 1.98. The summed E-state index contributed by atoms with van der Waals surface area (Å²) < 4.78 is 5.30. The first kappa shape index (κ1) is 12.2. The van der Waals surface area contributed by atoms with Gasteiger partial charge in [0.05, 0.1) is 30.4 Å². The van der Waals surface area contributed by atoms with Crippen molar-refractivity contribution in [2.45, 2.75) is 18.9 Å². The summed E-state index contributed by atoms with van der Waals surface area (Å²) in [5.41, 5.74) is 2.80. The zero-order valence-electron chi connectivity index (χ0n) is 10.9. The molecule has 0 spiro atoms. The second kappa shape index (κ2) is 5.02. The van der Waals surface area contributed by atoms with Gasteiger partial charge in [0.1, 0.15) is 0 Å². The Morgan fingerprint density at radius 2 is 2.05 bits per heavy atom. The highest BCUT2D eigenvalue weighted by molar-refractivity contribution is 6.03. The molecule has 0 radical (unpaired) electrons. The Morgan fingerprint density at radius 3 is 2.79 bits per heavy atom. The number of methoxy groups -OCH3 is 1. The summed E-state index contributed by atoms with van der Waals surface area (Å²) in [7, 11) is 1.68. The summed E-state index contributed by atoms with van der Waals surface area (Å²) in [6.07, 6.45) is 5.12. The normalized spacial score (nSPS) is 25.9. The molecule has 2 atom stereocenters. The number of hydrogen-bond acceptors (Lipinski definition) is 3. The Labute approximate surface area is 112 Å². The molecular formula is C16H17NO2. The van der Waals surface area contributed by atoms with Crippen LogP contribution in [0.3, 0.4) is 0 Å². The predicted octanol–water partition coefficient (Wildman–Crippen LogP) is 2.78. The van der Waals surface area contributed by atoms with Crippen LogP contribution in [0.25, 0.3) is 5.70 Å². The van der Waals surface area contributed by atoms with E-state index in [1.165, 1.54) is 0 Å². The molecule has 3 rings (SSSR count). The van der Waals surface area contributed by atoms with Crippen LogP contribution >= 0.6 is 0 Å². The Kier molecular flexibility index (Phi) is 3.22. The number of fused-ring (bicyclic) bond motifs is 1. The van der Waals surface area contributed by atoms with Crippen LogP contribution in [0.5, 0.6) is 0 Å². The van der Waals surface area contributed by atoms with E-state index in [2.05, 4.69) is 4.99 Å². The van der Waals surface area contributed by atoms with Crippen molar-refractivity contribution in [3.05, 3.63) is 53.8 Å². The van der Waals surface area contributed by atoms with Gasteiger partial charge in [0.15, 0.2) is 0 Å². The zero-order chi connectivity index (χ0) is 13.2. The van der Waals surface area contributed by atoms with Crippen molar-refractivity contribution >= 4 is 11.4 Å². The second-order valence-electron chi connectivity index (χ2n) is 4.91. The lowest BCUT2D eigenvalue weighted by Gasteiger charge is -2.29. The summed E-state index contributed by atoms with van der Waals surface area (Å²) >= 11 is 0. The van der Waals surface area contributed by atoms with Crippen molar-refractivity contribution in [2.75, 3.05) is 7.11 Å². The number of benzene rings is 1. The van der Waals surface area contributed by atoms with Gasteiger partial charge < -0.3 is 9.84 Å². The van der Waals surface area contributed by atoms with Gasteiger partial charge in [0.2, 0.25) is 0 Å². The molecule has 1 heterocycles. The van der Waals surface area contributed by atoms with Gasteiger partial charge in [-0.1, -0.05) is 30.3 Å². The monoisotopic (exact) mass is 255 g/mol. The molecule has 19 heavy (non-hydrogen) atoms. The van der Waals surface area contributed by atoms with Crippen LogP contribution in [0.15, 0.2) is 53.2 Å². The lowest BCUT2D eigenvalue weighted by Crippen LogP contribution is -2.31. The number of nitrogens with zero attached hydrogens (tertiary/aromatic N) is 1. The van der Waals surface area contributed by atoms with Crippen molar-refractivity contribution in [2.24, 2.45) is 10.9 Å². The van der Waals surface area contributed by atoms with E-state index in [0.29, 0.717) is 0 Å². The molecule has 1 aromatic rings. The summed E-state index contributed by atoms with van der Waals surface area (Å²) in [4.78, 5) is 4.68. The highest BCUT2D eigenvalue weighted by Crippen LogP contribution is 2.32. The van der Waals surface area contributed by atoms with E-state index in [1.54, 1.807) is 7.11 Å². The Hall–Kier alpha value is -1.87. The summed E-state index contributed by atoms with van der Waals surface area (Å²) in [6.45, 7) is 0. The van der Waals surface area contributed by atoms with E-state index in [4.69, 9.17) is 4.74 Å². The van der Waals surface area contributed by atoms with E-state index in [9.17, 15) is 5.11 Å². The van der Waals surface area contributed by atoms with Crippen LogP contribution in [0.2, 0.25) is 0 Å². The highest BCUT2D eigenvalue weighted by Gasteiger charge is 2.30. The molecule has 3 heteroatoms. The quantitative estimate of drug-likeness (QED) is 0.883. The summed E-state index contributed by atoms with van der Waals surface area (Å²) in [5, 5.41) is 10.3. The van der Waals surface area contributed by atoms with E-state index in [0.717, 1.165) is 35.6 Å². The first-order valence-electron chi connectivity index (χ1n) is 6.56. The molecule has 0 fully saturated rings. The van der Waals surface area contributed by atoms with E-state index >= 15 is 0 Å². The molecule has 1 aliphatic carbocycles. The van der Waals surface area contributed by atoms with Crippen molar-refractivity contribution in [1.29, 1.82) is 0 Å². The summed E-state index contributed by atoms with van der Waals surface area (Å²) in [6, 6.07) is 9.94. The van der Waals surface area contributed by atoms with Gasteiger partial charge in [-0.25, -0.2) is 0 Å². The van der Waals surface area contributed by atoms with Crippen molar-refractivity contribution in [3.8, 4) is 0 Å². The molecule has 0 aromatic heterocycles. The maximum atomic E-state index is 10.3. The molecule has 1 aromatic carbocycles. The van der Waals surface area contributed by atoms with Gasteiger partial charge in [0, 0.05) is 12.3 Å².